The fourth-order valence-corrected chi connectivity index (χ4v) is 3.26. The summed E-state index contributed by atoms with van der Waals surface area (Å²) in [7, 11) is 0. The Hall–Kier alpha value is -1.06. The van der Waals surface area contributed by atoms with Gasteiger partial charge in [-0.15, -0.1) is 11.3 Å². The summed E-state index contributed by atoms with van der Waals surface area (Å²) in [6, 6.07) is 6.69. The van der Waals surface area contributed by atoms with E-state index in [9.17, 15) is 0 Å². The summed E-state index contributed by atoms with van der Waals surface area (Å²) >= 11 is 1.82. The summed E-state index contributed by atoms with van der Waals surface area (Å²) in [6.45, 7) is 3.16. The van der Waals surface area contributed by atoms with Crippen LogP contribution in [0.2, 0.25) is 0 Å². The van der Waals surface area contributed by atoms with Gasteiger partial charge in [-0.25, -0.2) is 0 Å². The van der Waals surface area contributed by atoms with E-state index < -0.39 is 0 Å². The van der Waals surface area contributed by atoms with Gasteiger partial charge in [-0.1, -0.05) is 6.92 Å². The molecule has 0 aromatic carbocycles. The molecular weight excluding hydrogens is 218 g/mol. The monoisotopic (exact) mass is 233 g/mol. The second-order valence-electron chi connectivity index (χ2n) is 4.10. The highest BCUT2D eigenvalue weighted by Gasteiger charge is 2.24. The highest BCUT2D eigenvalue weighted by Crippen LogP contribution is 2.33. The van der Waals surface area contributed by atoms with E-state index in [0.717, 1.165) is 30.9 Å². The lowest BCUT2D eigenvalue weighted by molar-refractivity contribution is 0.417. The van der Waals surface area contributed by atoms with Crippen LogP contribution in [-0.4, -0.2) is 6.54 Å². The SMILES string of the molecule is CCc1ccc(C2NCCc3ccsc32)o1. The van der Waals surface area contributed by atoms with Crippen LogP contribution in [0.15, 0.2) is 28.0 Å². The fourth-order valence-electron chi connectivity index (χ4n) is 2.22. The van der Waals surface area contributed by atoms with E-state index in [0.29, 0.717) is 0 Å². The van der Waals surface area contributed by atoms with E-state index in [1.165, 1.54) is 10.4 Å². The van der Waals surface area contributed by atoms with Crippen LogP contribution in [0.1, 0.15) is 34.9 Å². The molecule has 2 aromatic heterocycles. The third-order valence-corrected chi connectivity index (χ3v) is 4.13. The van der Waals surface area contributed by atoms with Gasteiger partial charge in [-0.2, -0.15) is 0 Å². The van der Waals surface area contributed by atoms with E-state index >= 15 is 0 Å². The van der Waals surface area contributed by atoms with Crippen LogP contribution >= 0.6 is 11.3 Å². The van der Waals surface area contributed by atoms with Crippen LogP contribution in [0.4, 0.5) is 0 Å². The average molecular weight is 233 g/mol. The van der Waals surface area contributed by atoms with E-state index in [2.05, 4.69) is 35.8 Å². The van der Waals surface area contributed by atoms with Crippen LogP contribution in [-0.2, 0) is 12.8 Å². The molecule has 0 radical (unpaired) electrons. The Morgan fingerprint density at radius 2 is 2.38 bits per heavy atom. The molecule has 2 aromatic rings. The number of rotatable bonds is 2. The molecule has 0 amide bonds. The van der Waals surface area contributed by atoms with Crippen LogP contribution in [0.3, 0.4) is 0 Å². The van der Waals surface area contributed by atoms with Crippen LogP contribution in [0.25, 0.3) is 0 Å². The topological polar surface area (TPSA) is 25.2 Å². The lowest BCUT2D eigenvalue weighted by Gasteiger charge is -2.22. The van der Waals surface area contributed by atoms with Crippen LogP contribution in [0, 0.1) is 0 Å². The molecule has 3 heteroatoms. The molecule has 0 saturated heterocycles. The first-order chi connectivity index (χ1) is 7.88. The Morgan fingerprint density at radius 1 is 1.44 bits per heavy atom. The first kappa shape index (κ1) is 10.1. The van der Waals surface area contributed by atoms with Gasteiger partial charge in [0.2, 0.25) is 0 Å². The Kier molecular flexibility index (Phi) is 2.58. The molecule has 1 atom stereocenters. The molecule has 2 nitrogen and oxygen atoms in total. The van der Waals surface area contributed by atoms with Gasteiger partial charge >= 0.3 is 0 Å². The minimum Gasteiger partial charge on any atom is -0.464 e. The summed E-state index contributed by atoms with van der Waals surface area (Å²) in [5.41, 5.74) is 1.48. The molecule has 0 saturated carbocycles. The third-order valence-electron chi connectivity index (χ3n) is 3.10. The molecule has 1 aliphatic heterocycles. The van der Waals surface area contributed by atoms with Crippen LogP contribution < -0.4 is 5.32 Å². The normalized spacial score (nSPS) is 19.7. The van der Waals surface area contributed by atoms with Crippen molar-refractivity contribution in [2.24, 2.45) is 0 Å². The highest BCUT2D eigenvalue weighted by molar-refractivity contribution is 7.10. The summed E-state index contributed by atoms with van der Waals surface area (Å²) in [5.74, 6) is 2.13. The minimum absolute atomic E-state index is 0.268. The van der Waals surface area contributed by atoms with Crippen LogP contribution in [0.5, 0.6) is 0 Å². The van der Waals surface area contributed by atoms with E-state index in [4.69, 9.17) is 4.42 Å². The lowest BCUT2D eigenvalue weighted by atomic mass is 10.0. The average Bonchev–Trinajstić information content (AvgIpc) is 2.97. The molecule has 0 spiro atoms. The second-order valence-corrected chi connectivity index (χ2v) is 5.05. The van der Waals surface area contributed by atoms with Crippen molar-refractivity contribution in [3.05, 3.63) is 45.5 Å². The first-order valence-corrected chi connectivity index (χ1v) is 6.64. The maximum absolute atomic E-state index is 5.84. The predicted molar refractivity (Wildman–Crippen MR) is 66.0 cm³/mol. The maximum atomic E-state index is 5.84. The van der Waals surface area contributed by atoms with Gasteiger partial charge in [0, 0.05) is 17.8 Å². The van der Waals surface area contributed by atoms with E-state index in [1.807, 2.05) is 11.3 Å². The number of fused-ring (bicyclic) bond motifs is 1. The summed E-state index contributed by atoms with van der Waals surface area (Å²) in [6.07, 6.45) is 2.10. The first-order valence-electron chi connectivity index (χ1n) is 5.76. The second kappa shape index (κ2) is 4.07. The molecule has 1 N–H and O–H groups in total. The number of hydrogen-bond donors (Lipinski definition) is 1. The predicted octanol–water partition coefficient (Wildman–Crippen LogP) is 3.14. The zero-order valence-corrected chi connectivity index (χ0v) is 10.1. The van der Waals surface area contributed by atoms with Gasteiger partial charge in [0.1, 0.15) is 17.6 Å². The van der Waals surface area contributed by atoms with Gasteiger partial charge in [0.15, 0.2) is 0 Å². The Labute approximate surface area is 99.3 Å². The maximum Gasteiger partial charge on any atom is 0.126 e. The molecular formula is C13H15NOS. The summed E-state index contributed by atoms with van der Waals surface area (Å²) in [5, 5.41) is 5.71. The lowest BCUT2D eigenvalue weighted by Crippen LogP contribution is -2.28. The van der Waals surface area contributed by atoms with E-state index in [-0.39, 0.29) is 6.04 Å². The largest absolute Gasteiger partial charge is 0.464 e. The highest BCUT2D eigenvalue weighted by atomic mass is 32.1. The number of nitrogens with one attached hydrogen (secondary N) is 1. The molecule has 84 valence electrons. The minimum atomic E-state index is 0.268. The molecule has 0 aliphatic carbocycles. The summed E-state index contributed by atoms with van der Waals surface area (Å²) < 4.78 is 5.84. The number of thiophene rings is 1. The molecule has 16 heavy (non-hydrogen) atoms. The number of hydrogen-bond acceptors (Lipinski definition) is 3. The molecule has 1 unspecified atom stereocenters. The van der Waals surface area contributed by atoms with Gasteiger partial charge in [0.05, 0.1) is 0 Å². The molecule has 0 bridgehead atoms. The molecule has 3 rings (SSSR count). The van der Waals surface area contributed by atoms with E-state index in [1.54, 1.807) is 0 Å². The van der Waals surface area contributed by atoms with Gasteiger partial charge in [0.25, 0.3) is 0 Å². The van der Waals surface area contributed by atoms with Crippen molar-refractivity contribution in [2.75, 3.05) is 6.54 Å². The van der Waals surface area contributed by atoms with Crippen molar-refractivity contribution in [1.29, 1.82) is 0 Å². The number of aryl methyl sites for hydroxylation is 1. The van der Waals surface area contributed by atoms with Crippen molar-refractivity contribution in [3.63, 3.8) is 0 Å². The smallest absolute Gasteiger partial charge is 0.126 e. The standard InChI is InChI=1S/C13H15NOS/c1-2-10-3-4-11(15-10)12-13-9(5-7-14-12)6-8-16-13/h3-4,6,8,12,14H,2,5,7H2,1H3. The Bertz CT molecular complexity index is 486. The van der Waals surface area contributed by atoms with Gasteiger partial charge < -0.3 is 9.73 Å². The molecule has 0 fully saturated rings. The quantitative estimate of drug-likeness (QED) is 0.862. The van der Waals surface area contributed by atoms with Crippen molar-refractivity contribution in [2.45, 2.75) is 25.8 Å². The number of furan rings is 1. The van der Waals surface area contributed by atoms with Gasteiger partial charge in [-0.05, 0) is 35.6 Å². The van der Waals surface area contributed by atoms with Gasteiger partial charge in [-0.3, -0.25) is 0 Å². The zero-order valence-electron chi connectivity index (χ0n) is 9.32. The molecule has 3 heterocycles. The Morgan fingerprint density at radius 3 is 3.19 bits per heavy atom. The molecule has 1 aliphatic rings. The summed E-state index contributed by atoms with van der Waals surface area (Å²) in [4.78, 5) is 1.42. The third kappa shape index (κ3) is 1.60. The van der Waals surface area contributed by atoms with Crippen molar-refractivity contribution < 1.29 is 4.42 Å². The Balaban J connectivity index is 1.97. The van der Waals surface area contributed by atoms with Crippen molar-refractivity contribution >= 4 is 11.3 Å². The van der Waals surface area contributed by atoms with Crippen molar-refractivity contribution in [3.8, 4) is 0 Å². The fraction of sp³-hybridized carbons (Fsp3) is 0.385. The zero-order chi connectivity index (χ0) is 11.0. The van der Waals surface area contributed by atoms with Crippen molar-refractivity contribution in [1.82, 2.24) is 5.32 Å².